The third kappa shape index (κ3) is 15.6. The Morgan fingerprint density at radius 3 is 0.992 bits per heavy atom. The molecule has 0 fully saturated rings. The molecule has 0 N–H and O–H groups in total. The standard InChI is InChI=1S/C116H136BN3/c1-106(2,3)76-47-42-72(43-48-76)86-64-82(112(19,20)21)66-88(75-58-80(110(13,14)15)61-81(59-75)111(16,17)18)104(86)119-98-60-74(71-38-35-34-36-39-71)46-54-94(98)117-95-55-53-85(118-96-56-51-78(108(7,8)9)62-89(96)90-63-79(109(10,11)12)52-57-97(90)118)70-99(95)120(101-69-84(114(25,26)27)68-100(119)103(101)117)105-87(73-44-49-77(50-45-73)107(4,5)6)65-83(113(22,23)24)67-91(105)102-92(115(28,29)30)40-37-41-93(102)116(31,32)33/h34-70H,1-33H3/i34D,35D,36D,38D,39D. The van der Waals surface area contributed by atoms with Crippen molar-refractivity contribution in [3.05, 3.63) is 286 Å². The van der Waals surface area contributed by atoms with Crippen molar-refractivity contribution >= 4 is 79.0 Å². The van der Waals surface area contributed by atoms with Gasteiger partial charge in [-0.15, -0.1) is 0 Å². The molecule has 120 heavy (non-hydrogen) atoms. The zero-order valence-corrected chi connectivity index (χ0v) is 78.9. The van der Waals surface area contributed by atoms with Crippen LogP contribution in [0.5, 0.6) is 0 Å². The van der Waals surface area contributed by atoms with E-state index in [0.717, 1.165) is 112 Å². The maximum atomic E-state index is 9.93. The van der Waals surface area contributed by atoms with Crippen LogP contribution in [0.15, 0.2) is 224 Å². The van der Waals surface area contributed by atoms with Crippen molar-refractivity contribution in [1.29, 1.82) is 0 Å². The summed E-state index contributed by atoms with van der Waals surface area (Å²) >= 11 is 0. The summed E-state index contributed by atoms with van der Waals surface area (Å²) in [5.74, 6) is 0. The van der Waals surface area contributed by atoms with Crippen molar-refractivity contribution in [2.75, 3.05) is 9.80 Å². The summed E-state index contributed by atoms with van der Waals surface area (Å²) in [4.78, 5) is 5.36. The molecule has 15 rings (SSSR count). The van der Waals surface area contributed by atoms with Gasteiger partial charge in [-0.05, 0) is 249 Å². The molecule has 0 atom stereocenters. The molecule has 0 radical (unpaired) electrons. The smallest absolute Gasteiger partial charge is 0.252 e. The molecule has 0 aliphatic carbocycles. The molecule has 3 heterocycles. The number of nitrogens with zero attached hydrogens (tertiary/aromatic N) is 3. The maximum absolute atomic E-state index is 9.93. The van der Waals surface area contributed by atoms with Crippen LogP contribution in [0.25, 0.3) is 83.1 Å². The van der Waals surface area contributed by atoms with E-state index in [1.165, 1.54) is 72.0 Å². The summed E-state index contributed by atoms with van der Waals surface area (Å²) in [6.07, 6.45) is 0. The van der Waals surface area contributed by atoms with E-state index < -0.39 is 18.2 Å². The third-order valence-electron chi connectivity index (χ3n) is 25.9. The molecule has 13 aromatic rings. The first-order valence-corrected chi connectivity index (χ1v) is 44.2. The fraction of sp³-hybridized carbons (Fsp3) is 0.379. The average Bonchev–Trinajstić information content (AvgIpc) is 0.953. The predicted octanol–water partition coefficient (Wildman–Crippen LogP) is 31.5. The lowest BCUT2D eigenvalue weighted by atomic mass is 9.33. The van der Waals surface area contributed by atoms with Crippen LogP contribution >= 0.6 is 0 Å². The first-order chi connectivity index (χ1) is 57.5. The molecular formula is C116H136BN3. The summed E-state index contributed by atoms with van der Waals surface area (Å²) in [6.45, 7) is 76.9. The van der Waals surface area contributed by atoms with E-state index in [2.05, 4.69) is 431 Å². The van der Waals surface area contributed by atoms with Gasteiger partial charge < -0.3 is 14.4 Å². The highest BCUT2D eigenvalue weighted by molar-refractivity contribution is 7.00. The molecule has 0 unspecified atom stereocenters. The molecule has 4 heteroatoms. The summed E-state index contributed by atoms with van der Waals surface area (Å²) in [5.41, 5.74) is 32.8. The van der Waals surface area contributed by atoms with E-state index in [1.54, 1.807) is 0 Å². The maximum Gasteiger partial charge on any atom is 0.252 e. The molecule has 0 bridgehead atoms. The lowest BCUT2D eigenvalue weighted by Crippen LogP contribution is -2.61. The molecule has 0 amide bonds. The Morgan fingerprint density at radius 2 is 0.592 bits per heavy atom. The normalized spacial score (nSPS) is 14.6. The molecule has 1 aromatic heterocycles. The van der Waals surface area contributed by atoms with Crippen molar-refractivity contribution in [1.82, 2.24) is 4.57 Å². The molecule has 3 nitrogen and oxygen atoms in total. The van der Waals surface area contributed by atoms with Crippen LogP contribution in [0.3, 0.4) is 0 Å². The Kier molecular flexibility index (Phi) is 18.9. The van der Waals surface area contributed by atoms with Gasteiger partial charge in [0.15, 0.2) is 0 Å². The second-order valence-corrected chi connectivity index (χ2v) is 46.6. The Labute approximate surface area is 730 Å². The Hall–Kier alpha value is -9.90. The minimum atomic E-state index is -0.493. The highest BCUT2D eigenvalue weighted by Gasteiger charge is 2.48. The Bertz CT molecular complexity index is 6360. The SMILES string of the molecule is [2H]c1c([2H])c([2H])c(-c2ccc3c(c2)N(c2c(-c4ccc(C(C)(C)C)cc4)cc(C(C)(C)C)cc2-c2cc(C(C)(C)C)cc(C(C)(C)C)c2)c2cc(C(C)(C)C)cc4c2B3c2ccc(-n3c5ccc(C(C)(C)C)cc5c5cc(C(C)(C)C)ccc53)cc2N4c2c(-c3ccc(C(C)(C)C)cc3)cc(C(C)(C)C)cc2-c2c(C(C)(C)C)cccc2C(C)(C)C)c([2H])c1[2H]. The molecule has 2 aliphatic heterocycles. The van der Waals surface area contributed by atoms with Crippen LogP contribution in [-0.2, 0) is 59.6 Å². The average molecular weight is 1590 g/mol. The topological polar surface area (TPSA) is 11.4 Å². The molecular weight excluding hydrogens is 1450 g/mol. The minimum absolute atomic E-state index is 0.122. The van der Waals surface area contributed by atoms with Crippen molar-refractivity contribution < 1.29 is 6.85 Å². The van der Waals surface area contributed by atoms with Gasteiger partial charge in [0.05, 0.1) is 29.3 Å². The van der Waals surface area contributed by atoms with Gasteiger partial charge in [0.2, 0.25) is 0 Å². The van der Waals surface area contributed by atoms with Gasteiger partial charge >= 0.3 is 0 Å². The van der Waals surface area contributed by atoms with Gasteiger partial charge in [0, 0.05) is 61.5 Å². The number of rotatable bonds is 8. The van der Waals surface area contributed by atoms with Gasteiger partial charge in [0.1, 0.15) is 0 Å². The number of fused-ring (bicyclic) bond motifs is 7. The summed E-state index contributed by atoms with van der Waals surface area (Å²) < 4.78 is 50.2. The highest BCUT2D eigenvalue weighted by Crippen LogP contribution is 2.58. The van der Waals surface area contributed by atoms with E-state index in [9.17, 15) is 5.48 Å². The summed E-state index contributed by atoms with van der Waals surface area (Å²) in [6, 6.07) is 75.1. The monoisotopic (exact) mass is 1590 g/mol. The molecule has 2 aliphatic rings. The number of aromatic nitrogens is 1. The van der Waals surface area contributed by atoms with Crippen LogP contribution in [0.1, 0.15) is 297 Å². The number of hydrogen-bond donors (Lipinski definition) is 0. The van der Waals surface area contributed by atoms with Gasteiger partial charge in [-0.25, -0.2) is 0 Å². The predicted molar refractivity (Wildman–Crippen MR) is 528 cm³/mol. The fourth-order valence-corrected chi connectivity index (χ4v) is 18.3. The van der Waals surface area contributed by atoms with Crippen molar-refractivity contribution in [2.24, 2.45) is 0 Å². The second kappa shape index (κ2) is 28.9. The lowest BCUT2D eigenvalue weighted by molar-refractivity contribution is 0.568. The van der Waals surface area contributed by atoms with E-state index in [4.69, 9.17) is 1.37 Å². The van der Waals surface area contributed by atoms with E-state index >= 15 is 0 Å². The van der Waals surface area contributed by atoms with Crippen LogP contribution < -0.4 is 26.2 Å². The van der Waals surface area contributed by atoms with Gasteiger partial charge in [-0.2, -0.15) is 0 Å². The van der Waals surface area contributed by atoms with E-state index in [1.807, 2.05) is 6.07 Å². The molecule has 0 saturated heterocycles. The zero-order valence-electron chi connectivity index (χ0n) is 83.9. The van der Waals surface area contributed by atoms with E-state index in [-0.39, 0.29) is 83.9 Å². The zero-order chi connectivity index (χ0) is 91.5. The number of benzene rings is 12. The van der Waals surface area contributed by atoms with Crippen LogP contribution in [0.4, 0.5) is 34.1 Å². The van der Waals surface area contributed by atoms with Crippen LogP contribution in [0.2, 0.25) is 0 Å². The second-order valence-electron chi connectivity index (χ2n) is 46.6. The highest BCUT2D eigenvalue weighted by atomic mass is 15.2. The quantitative estimate of drug-likeness (QED) is 0.141. The molecule has 0 saturated carbocycles. The lowest BCUT2D eigenvalue weighted by Gasteiger charge is -2.47. The van der Waals surface area contributed by atoms with Crippen molar-refractivity contribution in [3.63, 3.8) is 0 Å². The fourth-order valence-electron chi connectivity index (χ4n) is 18.3. The van der Waals surface area contributed by atoms with Crippen LogP contribution in [-0.4, -0.2) is 11.3 Å². The first-order valence-electron chi connectivity index (χ1n) is 46.7. The van der Waals surface area contributed by atoms with Crippen molar-refractivity contribution in [3.8, 4) is 61.3 Å². The Morgan fingerprint density at radius 1 is 0.250 bits per heavy atom. The Balaban J connectivity index is 1.23. The summed E-state index contributed by atoms with van der Waals surface area (Å²) in [7, 11) is 0. The van der Waals surface area contributed by atoms with E-state index in [0.29, 0.717) is 5.56 Å². The van der Waals surface area contributed by atoms with Gasteiger partial charge in [-0.3, -0.25) is 0 Å². The number of anilines is 6. The molecule has 0 spiro atoms. The van der Waals surface area contributed by atoms with Crippen LogP contribution in [0, 0.1) is 0 Å². The van der Waals surface area contributed by atoms with Gasteiger partial charge in [-0.1, -0.05) is 374 Å². The third-order valence-corrected chi connectivity index (χ3v) is 25.9. The summed E-state index contributed by atoms with van der Waals surface area (Å²) in [5, 5.41) is 2.42. The molecule has 618 valence electrons. The first kappa shape index (κ1) is 78.6. The van der Waals surface area contributed by atoms with Crippen molar-refractivity contribution in [2.45, 2.75) is 288 Å². The number of hydrogen-bond acceptors (Lipinski definition) is 2. The van der Waals surface area contributed by atoms with Gasteiger partial charge in [0.25, 0.3) is 6.71 Å². The largest absolute Gasteiger partial charge is 0.310 e. The molecule has 12 aromatic carbocycles. The minimum Gasteiger partial charge on any atom is -0.310 e.